The molecule has 118 valence electrons. The molecule has 0 saturated heterocycles. The molecule has 7 heteroatoms. The number of carbonyl (C=O) groups is 1. The fourth-order valence-electron chi connectivity index (χ4n) is 2.78. The first kappa shape index (κ1) is 14.7. The van der Waals surface area contributed by atoms with E-state index in [4.69, 9.17) is 11.6 Å². The lowest BCUT2D eigenvalue weighted by atomic mass is 10.1. The van der Waals surface area contributed by atoms with Crippen LogP contribution in [0.5, 0.6) is 5.88 Å². The molecule has 1 fully saturated rings. The van der Waals surface area contributed by atoms with Crippen LogP contribution in [-0.2, 0) is 6.54 Å². The molecule has 0 unspecified atom stereocenters. The highest BCUT2D eigenvalue weighted by molar-refractivity contribution is 7.15. The van der Waals surface area contributed by atoms with Gasteiger partial charge in [-0.05, 0) is 24.8 Å². The molecule has 1 aliphatic carbocycles. The van der Waals surface area contributed by atoms with Crippen LogP contribution in [0.1, 0.15) is 34.6 Å². The van der Waals surface area contributed by atoms with Crippen molar-refractivity contribution in [3.63, 3.8) is 0 Å². The van der Waals surface area contributed by atoms with E-state index in [2.05, 4.69) is 4.98 Å². The Bertz CT molecular complexity index is 898. The van der Waals surface area contributed by atoms with E-state index in [1.54, 1.807) is 21.4 Å². The Labute approximate surface area is 141 Å². The van der Waals surface area contributed by atoms with Gasteiger partial charge in [0.05, 0.1) is 11.1 Å². The molecule has 0 aliphatic heterocycles. The van der Waals surface area contributed by atoms with Crippen LogP contribution in [0.4, 0.5) is 0 Å². The van der Waals surface area contributed by atoms with Crippen LogP contribution in [0.15, 0.2) is 30.6 Å². The van der Waals surface area contributed by atoms with Crippen molar-refractivity contribution in [2.75, 3.05) is 0 Å². The first-order chi connectivity index (χ1) is 11.1. The number of halogens is 1. The zero-order chi connectivity index (χ0) is 16.0. The maximum atomic E-state index is 12.8. The molecule has 5 nitrogen and oxygen atoms in total. The summed E-state index contributed by atoms with van der Waals surface area (Å²) in [5, 5.41) is 12.8. The summed E-state index contributed by atoms with van der Waals surface area (Å²) in [5.41, 5.74) is 0.962. The second kappa shape index (κ2) is 5.62. The molecule has 23 heavy (non-hydrogen) atoms. The molecule has 1 aliphatic rings. The van der Waals surface area contributed by atoms with E-state index in [-0.39, 0.29) is 17.4 Å². The number of aromatic nitrogens is 3. The summed E-state index contributed by atoms with van der Waals surface area (Å²) in [6.45, 7) is 0.368. The number of imidazole rings is 1. The van der Waals surface area contributed by atoms with Gasteiger partial charge >= 0.3 is 0 Å². The van der Waals surface area contributed by atoms with Crippen molar-refractivity contribution in [2.24, 2.45) is 5.92 Å². The number of hydrogen-bond donors (Lipinski definition) is 0. The maximum absolute atomic E-state index is 12.8. The number of pyridine rings is 1. The summed E-state index contributed by atoms with van der Waals surface area (Å²) in [6, 6.07) is 5.53. The lowest BCUT2D eigenvalue weighted by Gasteiger charge is -2.05. The standard InChI is InChI=1S/C16H14ClN3O2S/c17-16-18-8-11(23-16)9-20-13-3-1-2-6-19(13)14(15(20)22)12(21)7-10-4-5-10/h1-3,6,8,10H,4-5,7,9H2. The van der Waals surface area contributed by atoms with Gasteiger partial charge in [-0.2, -0.15) is 4.40 Å². The van der Waals surface area contributed by atoms with E-state index in [0.29, 0.717) is 29.0 Å². The average molecular weight is 348 g/mol. The SMILES string of the molecule is O=C(CC1CC1)c1c([O-])[n+](Cc2cnc(Cl)s2)c2ccccn12. The number of rotatable bonds is 5. The second-order valence-electron chi connectivity index (χ2n) is 5.82. The first-order valence-electron chi connectivity index (χ1n) is 7.47. The molecule has 0 N–H and O–H groups in total. The minimum atomic E-state index is -0.244. The Morgan fingerprint density at radius 2 is 2.30 bits per heavy atom. The summed E-state index contributed by atoms with van der Waals surface area (Å²) >= 11 is 7.20. The van der Waals surface area contributed by atoms with Crippen molar-refractivity contribution in [1.82, 2.24) is 9.38 Å². The van der Waals surface area contributed by atoms with Gasteiger partial charge in [-0.1, -0.05) is 17.7 Å². The zero-order valence-electron chi connectivity index (χ0n) is 12.2. The molecule has 0 atom stereocenters. The molecule has 3 aromatic heterocycles. The van der Waals surface area contributed by atoms with Crippen molar-refractivity contribution in [1.29, 1.82) is 0 Å². The van der Waals surface area contributed by atoms with Crippen molar-refractivity contribution >= 4 is 34.4 Å². The normalized spacial score (nSPS) is 14.5. The average Bonchev–Trinajstić information content (AvgIpc) is 3.18. The van der Waals surface area contributed by atoms with Gasteiger partial charge in [-0.3, -0.25) is 4.79 Å². The third-order valence-electron chi connectivity index (χ3n) is 4.08. The van der Waals surface area contributed by atoms with E-state index in [1.165, 1.54) is 11.3 Å². The molecule has 0 spiro atoms. The van der Waals surface area contributed by atoms with Crippen LogP contribution in [-0.4, -0.2) is 15.2 Å². The molecule has 0 bridgehead atoms. The van der Waals surface area contributed by atoms with Crippen molar-refractivity contribution in [3.8, 4) is 5.88 Å². The Hall–Kier alpha value is -1.92. The maximum Gasteiger partial charge on any atom is 0.286 e. The summed E-state index contributed by atoms with van der Waals surface area (Å²) in [6.07, 6.45) is 6.07. The monoisotopic (exact) mass is 347 g/mol. The Morgan fingerprint density at radius 1 is 1.48 bits per heavy atom. The van der Waals surface area contributed by atoms with Gasteiger partial charge in [-0.25, -0.2) is 9.55 Å². The molecule has 3 aromatic rings. The fraction of sp³-hybridized carbons (Fsp3) is 0.312. The van der Waals surface area contributed by atoms with Crippen molar-refractivity contribution in [2.45, 2.75) is 25.8 Å². The van der Waals surface area contributed by atoms with Crippen LogP contribution in [0.3, 0.4) is 0 Å². The smallest absolute Gasteiger partial charge is 0.286 e. The predicted octanol–water partition coefficient (Wildman–Crippen LogP) is 2.44. The topological polar surface area (TPSA) is 61.3 Å². The van der Waals surface area contributed by atoms with E-state index in [1.807, 2.05) is 18.2 Å². The van der Waals surface area contributed by atoms with Crippen LogP contribution in [0.25, 0.3) is 5.65 Å². The van der Waals surface area contributed by atoms with Gasteiger partial charge in [0.25, 0.3) is 5.65 Å². The van der Waals surface area contributed by atoms with Crippen molar-refractivity contribution in [3.05, 3.63) is 45.6 Å². The van der Waals surface area contributed by atoms with Gasteiger partial charge in [0.15, 0.2) is 4.47 Å². The molecule has 1 saturated carbocycles. The molecule has 0 aromatic carbocycles. The van der Waals surface area contributed by atoms with E-state index in [0.717, 1.165) is 17.7 Å². The van der Waals surface area contributed by atoms with Gasteiger partial charge in [0.2, 0.25) is 11.5 Å². The lowest BCUT2D eigenvalue weighted by Crippen LogP contribution is -2.36. The number of fused-ring (bicyclic) bond motifs is 1. The lowest BCUT2D eigenvalue weighted by molar-refractivity contribution is -0.704. The van der Waals surface area contributed by atoms with Gasteiger partial charge in [0.1, 0.15) is 12.4 Å². The molecule has 4 rings (SSSR count). The van der Waals surface area contributed by atoms with Crippen LogP contribution in [0.2, 0.25) is 4.47 Å². The quantitative estimate of drug-likeness (QED) is 0.526. The minimum Gasteiger partial charge on any atom is -0.839 e. The van der Waals surface area contributed by atoms with Gasteiger partial charge < -0.3 is 5.11 Å². The number of nitrogens with zero attached hydrogens (tertiary/aromatic N) is 3. The predicted molar refractivity (Wildman–Crippen MR) is 84.9 cm³/mol. The Kier molecular flexibility index (Phi) is 3.58. The summed E-state index contributed by atoms with van der Waals surface area (Å²) < 4.78 is 3.77. The Balaban J connectivity index is 1.80. The van der Waals surface area contributed by atoms with Crippen LogP contribution >= 0.6 is 22.9 Å². The fourth-order valence-corrected chi connectivity index (χ4v) is 3.74. The summed E-state index contributed by atoms with van der Waals surface area (Å²) in [4.78, 5) is 17.4. The summed E-state index contributed by atoms with van der Waals surface area (Å²) in [7, 11) is 0. The number of Topliss-reactive ketones (excluding diaryl/α,β-unsaturated/α-hetero) is 1. The van der Waals surface area contributed by atoms with Crippen molar-refractivity contribution < 1.29 is 14.5 Å². The van der Waals surface area contributed by atoms with E-state index < -0.39 is 0 Å². The third-order valence-corrected chi connectivity index (χ3v) is 5.18. The third kappa shape index (κ3) is 2.72. The van der Waals surface area contributed by atoms with E-state index >= 15 is 0 Å². The van der Waals surface area contributed by atoms with E-state index in [9.17, 15) is 9.90 Å². The molecular weight excluding hydrogens is 334 g/mol. The zero-order valence-corrected chi connectivity index (χ0v) is 13.8. The van der Waals surface area contributed by atoms with Crippen LogP contribution in [0, 0.1) is 5.92 Å². The molecule has 0 amide bonds. The van der Waals surface area contributed by atoms with Gasteiger partial charge in [0, 0.05) is 18.7 Å². The van der Waals surface area contributed by atoms with Gasteiger partial charge in [-0.15, -0.1) is 11.3 Å². The molecular formula is C16H14ClN3O2S. The molecule has 3 heterocycles. The molecule has 0 radical (unpaired) electrons. The second-order valence-corrected chi connectivity index (χ2v) is 7.52. The number of ketones is 1. The highest BCUT2D eigenvalue weighted by atomic mass is 35.5. The minimum absolute atomic E-state index is 0.0696. The highest BCUT2D eigenvalue weighted by Crippen LogP contribution is 2.34. The largest absolute Gasteiger partial charge is 0.839 e. The highest BCUT2D eigenvalue weighted by Gasteiger charge is 2.31. The van der Waals surface area contributed by atoms with Crippen LogP contribution < -0.4 is 9.67 Å². The first-order valence-corrected chi connectivity index (χ1v) is 8.66. The Morgan fingerprint density at radius 3 is 3.00 bits per heavy atom. The number of thiazole rings is 1. The number of hydrogen-bond acceptors (Lipinski definition) is 4. The number of carbonyl (C=O) groups excluding carboxylic acids is 1. The summed E-state index contributed by atoms with van der Waals surface area (Å²) in [5.74, 6) is 0.135.